The Labute approximate surface area is 168 Å². The molecule has 146 valence electrons. The smallest absolute Gasteiger partial charge is 0.329 e. The topological polar surface area (TPSA) is 87.1 Å². The second-order valence-corrected chi connectivity index (χ2v) is 7.46. The molecule has 0 aliphatic carbocycles. The first kappa shape index (κ1) is 17.5. The van der Waals surface area contributed by atoms with Crippen LogP contribution in [0.4, 0.5) is 22.1 Å². The summed E-state index contributed by atoms with van der Waals surface area (Å²) in [5, 5.41) is 2.89. The van der Waals surface area contributed by atoms with E-state index >= 15 is 0 Å². The summed E-state index contributed by atoms with van der Waals surface area (Å²) in [4.78, 5) is 34.9. The van der Waals surface area contributed by atoms with Crippen LogP contribution < -0.4 is 15.1 Å². The van der Waals surface area contributed by atoms with Crippen LogP contribution in [0.2, 0.25) is 0 Å². The van der Waals surface area contributed by atoms with Gasteiger partial charge in [-0.25, -0.2) is 14.8 Å². The molecule has 1 atom stereocenters. The lowest BCUT2D eigenvalue weighted by Gasteiger charge is -2.35. The van der Waals surface area contributed by atoms with Crippen LogP contribution in [-0.4, -0.2) is 45.1 Å². The summed E-state index contributed by atoms with van der Waals surface area (Å²) in [5.41, 5.74) is 4.47. The number of carbonyl (C=O) groups excluding carboxylic acids is 1. The summed E-state index contributed by atoms with van der Waals surface area (Å²) in [5.74, 6) is 1.13. The molecule has 5 heterocycles. The van der Waals surface area contributed by atoms with Gasteiger partial charge in [0.05, 0.1) is 29.3 Å². The number of rotatable bonds is 2. The largest absolute Gasteiger partial charge is 0.366 e. The monoisotopic (exact) mass is 387 g/mol. The fourth-order valence-electron chi connectivity index (χ4n) is 4.03. The van der Waals surface area contributed by atoms with Crippen LogP contribution in [0.1, 0.15) is 17.8 Å². The van der Waals surface area contributed by atoms with Gasteiger partial charge in [-0.2, -0.15) is 0 Å². The van der Waals surface area contributed by atoms with Gasteiger partial charge in [-0.1, -0.05) is 0 Å². The molecule has 2 aliphatic heterocycles. The highest BCUT2D eigenvalue weighted by Gasteiger charge is 2.40. The number of hydrogen-bond donors (Lipinski definition) is 1. The second kappa shape index (κ2) is 6.80. The molecule has 3 aromatic heterocycles. The van der Waals surface area contributed by atoms with Crippen LogP contribution in [0.5, 0.6) is 0 Å². The Bertz CT molecular complexity index is 1100. The molecule has 3 aromatic rings. The first-order valence-corrected chi connectivity index (χ1v) is 9.66. The van der Waals surface area contributed by atoms with Crippen LogP contribution >= 0.6 is 0 Å². The molecular formula is C21H21N7O. The molecule has 2 amide bonds. The average Bonchev–Trinajstić information content (AvgIpc) is 3.12. The third-order valence-corrected chi connectivity index (χ3v) is 5.35. The zero-order chi connectivity index (χ0) is 20.0. The summed E-state index contributed by atoms with van der Waals surface area (Å²) in [6.07, 6.45) is 5.90. The Morgan fingerprint density at radius 1 is 1.14 bits per heavy atom. The first-order chi connectivity index (χ1) is 14.1. The highest BCUT2D eigenvalue weighted by atomic mass is 16.2. The lowest BCUT2D eigenvalue weighted by atomic mass is 10.1. The van der Waals surface area contributed by atoms with Crippen molar-refractivity contribution in [3.8, 4) is 11.3 Å². The number of nitrogens with zero attached hydrogens (tertiary/aromatic N) is 6. The third kappa shape index (κ3) is 3.16. The first-order valence-electron chi connectivity index (χ1n) is 9.66. The third-order valence-electron chi connectivity index (χ3n) is 5.35. The van der Waals surface area contributed by atoms with Crippen LogP contribution in [-0.2, 0) is 0 Å². The van der Waals surface area contributed by atoms with E-state index in [-0.39, 0.29) is 12.1 Å². The minimum absolute atomic E-state index is 0.0854. The van der Waals surface area contributed by atoms with Gasteiger partial charge in [0, 0.05) is 36.7 Å². The zero-order valence-electron chi connectivity index (χ0n) is 16.3. The van der Waals surface area contributed by atoms with Gasteiger partial charge in [-0.05, 0) is 44.5 Å². The van der Waals surface area contributed by atoms with E-state index in [1.165, 1.54) is 0 Å². The molecule has 8 nitrogen and oxygen atoms in total. The molecule has 0 radical (unpaired) electrons. The quantitative estimate of drug-likeness (QED) is 0.727. The number of nitrogens with one attached hydrogen (secondary N) is 1. The highest BCUT2D eigenvalue weighted by Crippen LogP contribution is 2.40. The SMILES string of the molecule is Cc1cc(-c2ccc3c(n2)N(C(=O)Nc2cncc(C)n2)[C@H]2CCN3C2)ccn1. The number of pyridine rings is 2. The van der Waals surface area contributed by atoms with E-state index in [0.717, 1.165) is 47.8 Å². The van der Waals surface area contributed by atoms with Crippen molar-refractivity contribution >= 4 is 23.4 Å². The van der Waals surface area contributed by atoms with Crippen molar-refractivity contribution in [2.24, 2.45) is 0 Å². The molecule has 0 spiro atoms. The molecule has 0 aromatic carbocycles. The van der Waals surface area contributed by atoms with Crippen LogP contribution in [0.15, 0.2) is 42.9 Å². The van der Waals surface area contributed by atoms with Crippen molar-refractivity contribution in [2.75, 3.05) is 28.2 Å². The fourth-order valence-corrected chi connectivity index (χ4v) is 4.03. The summed E-state index contributed by atoms with van der Waals surface area (Å²) in [6, 6.07) is 7.86. The van der Waals surface area contributed by atoms with E-state index in [1.54, 1.807) is 23.5 Å². The maximum atomic E-state index is 13.2. The predicted molar refractivity (Wildman–Crippen MR) is 111 cm³/mol. The summed E-state index contributed by atoms with van der Waals surface area (Å²) in [6.45, 7) is 5.53. The Balaban J connectivity index is 1.53. The van der Waals surface area contributed by atoms with Gasteiger partial charge in [0.2, 0.25) is 0 Å². The number of aromatic nitrogens is 4. The van der Waals surface area contributed by atoms with Gasteiger partial charge in [0.1, 0.15) is 0 Å². The highest BCUT2D eigenvalue weighted by molar-refractivity contribution is 6.04. The molecule has 1 fully saturated rings. The molecule has 5 rings (SSSR count). The summed E-state index contributed by atoms with van der Waals surface area (Å²) >= 11 is 0. The average molecular weight is 387 g/mol. The van der Waals surface area contributed by atoms with E-state index in [4.69, 9.17) is 4.98 Å². The predicted octanol–water partition coefficient (Wildman–Crippen LogP) is 3.18. The van der Waals surface area contributed by atoms with E-state index < -0.39 is 0 Å². The zero-order valence-corrected chi connectivity index (χ0v) is 16.3. The van der Waals surface area contributed by atoms with Crippen molar-refractivity contribution in [3.05, 3.63) is 54.2 Å². The van der Waals surface area contributed by atoms with Crippen molar-refractivity contribution in [1.29, 1.82) is 0 Å². The number of fused-ring (bicyclic) bond motifs is 4. The van der Waals surface area contributed by atoms with Gasteiger partial charge in [-0.15, -0.1) is 0 Å². The molecule has 2 aliphatic rings. The lowest BCUT2D eigenvalue weighted by molar-refractivity contribution is 0.254. The standard InChI is InChI=1S/C21H21N7O/c1-13-9-15(5-7-23-13)17-3-4-18-20(25-17)28(16-6-8-27(18)12-16)21(29)26-19-11-22-10-14(2)24-19/h3-5,7,9-11,16H,6,8,12H2,1-2H3,(H,24,26,29)/t16-/m0/s1. The molecule has 1 N–H and O–H groups in total. The lowest BCUT2D eigenvalue weighted by Crippen LogP contribution is -2.48. The molecule has 2 bridgehead atoms. The Morgan fingerprint density at radius 3 is 2.86 bits per heavy atom. The number of aryl methyl sites for hydroxylation is 2. The number of amides is 2. The van der Waals surface area contributed by atoms with Gasteiger partial charge in [-0.3, -0.25) is 20.2 Å². The van der Waals surface area contributed by atoms with Crippen LogP contribution in [0, 0.1) is 13.8 Å². The Hall–Kier alpha value is -3.55. The second-order valence-electron chi connectivity index (χ2n) is 7.46. The number of carbonyl (C=O) groups is 1. The van der Waals surface area contributed by atoms with Crippen molar-refractivity contribution in [1.82, 2.24) is 19.9 Å². The van der Waals surface area contributed by atoms with Gasteiger partial charge >= 0.3 is 6.03 Å². The molecule has 1 saturated heterocycles. The van der Waals surface area contributed by atoms with Crippen LogP contribution in [0.3, 0.4) is 0 Å². The fraction of sp³-hybridized carbons (Fsp3) is 0.286. The number of anilines is 3. The van der Waals surface area contributed by atoms with Gasteiger partial charge < -0.3 is 4.90 Å². The molecule has 8 heteroatoms. The Kier molecular flexibility index (Phi) is 4.12. The van der Waals surface area contributed by atoms with Gasteiger partial charge in [0.15, 0.2) is 11.6 Å². The van der Waals surface area contributed by atoms with Crippen molar-refractivity contribution < 1.29 is 4.79 Å². The van der Waals surface area contributed by atoms with E-state index in [1.807, 2.05) is 32.0 Å². The maximum Gasteiger partial charge on any atom is 0.329 e. The number of hydrogen-bond acceptors (Lipinski definition) is 6. The van der Waals surface area contributed by atoms with E-state index in [2.05, 4.69) is 31.2 Å². The summed E-state index contributed by atoms with van der Waals surface area (Å²) < 4.78 is 0. The van der Waals surface area contributed by atoms with Crippen molar-refractivity contribution in [3.63, 3.8) is 0 Å². The molecule has 0 saturated carbocycles. The molecular weight excluding hydrogens is 366 g/mol. The van der Waals surface area contributed by atoms with Gasteiger partial charge in [0.25, 0.3) is 0 Å². The normalized spacial score (nSPS) is 17.2. The van der Waals surface area contributed by atoms with Crippen LogP contribution in [0.25, 0.3) is 11.3 Å². The number of urea groups is 1. The Morgan fingerprint density at radius 2 is 2.03 bits per heavy atom. The van der Waals surface area contributed by atoms with Crippen molar-refractivity contribution in [2.45, 2.75) is 26.3 Å². The maximum absolute atomic E-state index is 13.2. The minimum atomic E-state index is -0.228. The van der Waals surface area contributed by atoms with E-state index in [0.29, 0.717) is 11.6 Å². The van der Waals surface area contributed by atoms with E-state index in [9.17, 15) is 4.79 Å². The molecule has 29 heavy (non-hydrogen) atoms. The summed E-state index contributed by atoms with van der Waals surface area (Å²) in [7, 11) is 0. The minimum Gasteiger partial charge on any atom is -0.366 e. The molecule has 0 unspecified atom stereocenters.